The van der Waals surface area contributed by atoms with Gasteiger partial charge >= 0.3 is 0 Å². The third kappa shape index (κ3) is 2.48. The van der Waals surface area contributed by atoms with Crippen molar-refractivity contribution in [3.8, 4) is 11.1 Å². The van der Waals surface area contributed by atoms with Crippen molar-refractivity contribution >= 4 is 0 Å². The van der Waals surface area contributed by atoms with Crippen LogP contribution in [0.4, 0.5) is 0 Å². The third-order valence-corrected chi connectivity index (χ3v) is 3.30. The quantitative estimate of drug-likeness (QED) is 0.782. The molecule has 2 nitrogen and oxygen atoms in total. The molecule has 0 amide bonds. The summed E-state index contributed by atoms with van der Waals surface area (Å²) in [6, 6.07) is 15.2. The van der Waals surface area contributed by atoms with Crippen LogP contribution >= 0.6 is 0 Å². The van der Waals surface area contributed by atoms with Gasteiger partial charge in [0.25, 0.3) is 0 Å². The van der Waals surface area contributed by atoms with Crippen molar-refractivity contribution in [1.29, 1.82) is 0 Å². The van der Waals surface area contributed by atoms with Gasteiger partial charge in [0.05, 0.1) is 13.2 Å². The van der Waals surface area contributed by atoms with Crippen LogP contribution in [0.15, 0.2) is 42.5 Å². The van der Waals surface area contributed by atoms with Crippen LogP contribution < -0.4 is 0 Å². The average molecular weight is 227 g/mol. The summed E-state index contributed by atoms with van der Waals surface area (Å²) in [6.45, 7) is 4.89. The Morgan fingerprint density at radius 2 is 1.59 bits per heavy atom. The molecule has 0 N–H and O–H groups in total. The number of morpholine rings is 1. The van der Waals surface area contributed by atoms with Gasteiger partial charge in [0, 0.05) is 19.6 Å². The molecular formula is C15H17NO. The first-order chi connectivity index (χ1) is 8.42. The Hall–Kier alpha value is -1.38. The predicted molar refractivity (Wildman–Crippen MR) is 69.2 cm³/mol. The van der Waals surface area contributed by atoms with Crippen molar-refractivity contribution in [2.45, 2.75) is 6.54 Å². The Kier molecular flexibility index (Phi) is 3.08. The first-order valence-corrected chi connectivity index (χ1v) is 6.19. The molecule has 0 spiro atoms. The molecule has 0 unspecified atom stereocenters. The molecule has 0 radical (unpaired) electrons. The van der Waals surface area contributed by atoms with E-state index in [1.807, 2.05) is 0 Å². The highest BCUT2D eigenvalue weighted by molar-refractivity contribution is 5.67. The van der Waals surface area contributed by atoms with E-state index < -0.39 is 0 Å². The predicted octanol–water partition coefficient (Wildman–Crippen LogP) is 2.62. The van der Waals surface area contributed by atoms with Gasteiger partial charge in [0.15, 0.2) is 0 Å². The molecular weight excluding hydrogens is 210 g/mol. The molecule has 17 heavy (non-hydrogen) atoms. The third-order valence-electron chi connectivity index (χ3n) is 3.30. The van der Waals surface area contributed by atoms with Crippen LogP contribution in [0.3, 0.4) is 0 Å². The Bertz CT molecular complexity index is 432. The van der Waals surface area contributed by atoms with Crippen LogP contribution in [-0.2, 0) is 11.3 Å². The number of rotatable bonds is 2. The van der Waals surface area contributed by atoms with Gasteiger partial charge in [-0.05, 0) is 28.8 Å². The van der Waals surface area contributed by atoms with Gasteiger partial charge in [0.2, 0.25) is 0 Å². The van der Waals surface area contributed by atoms with Gasteiger partial charge in [-0.3, -0.25) is 4.90 Å². The van der Waals surface area contributed by atoms with Crippen molar-refractivity contribution in [3.63, 3.8) is 0 Å². The van der Waals surface area contributed by atoms with Crippen LogP contribution in [-0.4, -0.2) is 31.2 Å². The van der Waals surface area contributed by atoms with Crippen LogP contribution in [0, 0.1) is 0 Å². The number of hydrogen-bond acceptors (Lipinski definition) is 2. The Labute approximate surface area is 102 Å². The second-order valence-electron chi connectivity index (χ2n) is 4.57. The highest BCUT2D eigenvalue weighted by Crippen LogP contribution is 2.25. The first kappa shape index (κ1) is 10.8. The molecule has 0 atom stereocenters. The highest BCUT2D eigenvalue weighted by Gasteiger charge is 2.12. The SMILES string of the molecule is c1ccc2cc(CN3CCOCC3)cc-2cc1. The van der Waals surface area contributed by atoms with Gasteiger partial charge in [-0.25, -0.2) is 0 Å². The maximum Gasteiger partial charge on any atom is 0.0594 e. The molecule has 2 heteroatoms. The number of ether oxygens (including phenoxy) is 1. The second-order valence-corrected chi connectivity index (χ2v) is 4.57. The Morgan fingerprint density at radius 1 is 0.941 bits per heavy atom. The summed E-state index contributed by atoms with van der Waals surface area (Å²) >= 11 is 0. The lowest BCUT2D eigenvalue weighted by molar-refractivity contribution is 0.0342. The Morgan fingerprint density at radius 3 is 2.24 bits per heavy atom. The molecule has 1 aliphatic heterocycles. The zero-order valence-corrected chi connectivity index (χ0v) is 9.93. The molecule has 0 aromatic carbocycles. The van der Waals surface area contributed by atoms with Crippen molar-refractivity contribution in [3.05, 3.63) is 48.0 Å². The standard InChI is InChI=1S/C15H17NO/c1-2-4-14-10-13(11-15(14)5-3-1)12-16-6-8-17-9-7-16/h1-5,10-11H,6-9,12H2. The van der Waals surface area contributed by atoms with Crippen LogP contribution in [0.1, 0.15) is 5.56 Å². The van der Waals surface area contributed by atoms with Gasteiger partial charge < -0.3 is 4.74 Å². The normalized spacial score (nSPS) is 17.4. The molecule has 1 fully saturated rings. The maximum absolute atomic E-state index is 5.37. The van der Waals surface area contributed by atoms with Crippen LogP contribution in [0.2, 0.25) is 0 Å². The van der Waals surface area contributed by atoms with Crippen molar-refractivity contribution in [2.24, 2.45) is 0 Å². The van der Waals surface area contributed by atoms with Crippen LogP contribution in [0.5, 0.6) is 0 Å². The Balaban J connectivity index is 1.79. The topological polar surface area (TPSA) is 12.5 Å². The zero-order chi connectivity index (χ0) is 11.5. The minimum Gasteiger partial charge on any atom is -0.379 e. The zero-order valence-electron chi connectivity index (χ0n) is 9.93. The lowest BCUT2D eigenvalue weighted by Crippen LogP contribution is -2.35. The fraction of sp³-hybridized carbons (Fsp3) is 0.333. The first-order valence-electron chi connectivity index (χ1n) is 6.19. The fourth-order valence-corrected chi connectivity index (χ4v) is 2.39. The smallest absolute Gasteiger partial charge is 0.0594 e. The van der Waals surface area contributed by atoms with E-state index in [2.05, 4.69) is 47.4 Å². The molecule has 2 aliphatic carbocycles. The summed E-state index contributed by atoms with van der Waals surface area (Å²) in [6.07, 6.45) is 0. The van der Waals surface area contributed by atoms with Gasteiger partial charge in [-0.1, -0.05) is 30.3 Å². The highest BCUT2D eigenvalue weighted by atomic mass is 16.5. The van der Waals surface area contributed by atoms with E-state index in [-0.39, 0.29) is 0 Å². The average Bonchev–Trinajstić information content (AvgIpc) is 2.60. The summed E-state index contributed by atoms with van der Waals surface area (Å²) < 4.78 is 5.37. The van der Waals surface area contributed by atoms with E-state index in [0.29, 0.717) is 0 Å². The summed E-state index contributed by atoms with van der Waals surface area (Å²) in [5, 5.41) is 0. The summed E-state index contributed by atoms with van der Waals surface area (Å²) in [7, 11) is 0. The van der Waals surface area contributed by atoms with Crippen molar-refractivity contribution < 1.29 is 4.74 Å². The molecule has 0 bridgehead atoms. The lowest BCUT2D eigenvalue weighted by Gasteiger charge is -2.26. The summed E-state index contributed by atoms with van der Waals surface area (Å²) in [4.78, 5) is 2.46. The van der Waals surface area contributed by atoms with Crippen molar-refractivity contribution in [2.75, 3.05) is 26.3 Å². The molecule has 1 heterocycles. The van der Waals surface area contributed by atoms with E-state index >= 15 is 0 Å². The van der Waals surface area contributed by atoms with Gasteiger partial charge in [-0.2, -0.15) is 0 Å². The minimum atomic E-state index is 0.870. The van der Waals surface area contributed by atoms with E-state index in [1.165, 1.54) is 16.7 Å². The number of fused-ring (bicyclic) bond motifs is 1. The van der Waals surface area contributed by atoms with E-state index in [4.69, 9.17) is 4.74 Å². The molecule has 3 rings (SSSR count). The van der Waals surface area contributed by atoms with Crippen molar-refractivity contribution in [1.82, 2.24) is 4.90 Å². The second kappa shape index (κ2) is 4.86. The minimum absolute atomic E-state index is 0.870. The largest absolute Gasteiger partial charge is 0.379 e. The molecule has 0 aromatic rings. The van der Waals surface area contributed by atoms with E-state index in [0.717, 1.165) is 32.8 Å². The number of hydrogen-bond donors (Lipinski definition) is 0. The molecule has 88 valence electrons. The lowest BCUT2D eigenvalue weighted by atomic mass is 10.2. The maximum atomic E-state index is 5.37. The van der Waals surface area contributed by atoms with E-state index in [1.54, 1.807) is 0 Å². The molecule has 0 saturated carbocycles. The molecule has 3 aliphatic rings. The fourth-order valence-electron chi connectivity index (χ4n) is 2.39. The monoisotopic (exact) mass is 227 g/mol. The summed E-state index contributed by atoms with van der Waals surface area (Å²) in [5.41, 5.74) is 4.07. The number of nitrogens with zero attached hydrogens (tertiary/aromatic N) is 1. The molecule has 0 aromatic heterocycles. The van der Waals surface area contributed by atoms with Crippen LogP contribution in [0.25, 0.3) is 11.1 Å². The van der Waals surface area contributed by atoms with E-state index in [9.17, 15) is 0 Å². The van der Waals surface area contributed by atoms with Gasteiger partial charge in [0.1, 0.15) is 0 Å². The van der Waals surface area contributed by atoms with Gasteiger partial charge in [-0.15, -0.1) is 0 Å². The summed E-state index contributed by atoms with van der Waals surface area (Å²) in [5.74, 6) is 0. The molecule has 1 saturated heterocycles.